The van der Waals surface area contributed by atoms with Gasteiger partial charge in [-0.2, -0.15) is 0 Å². The molecular formula is C8H11N3O3. The predicted octanol–water partition coefficient (Wildman–Crippen LogP) is -0.335. The van der Waals surface area contributed by atoms with Gasteiger partial charge in [-0.05, 0) is 6.92 Å². The molecule has 0 bridgehead atoms. The van der Waals surface area contributed by atoms with Crippen LogP contribution in [0.5, 0.6) is 0 Å². The molecule has 6 heteroatoms. The minimum Gasteiger partial charge on any atom is -0.480 e. The Morgan fingerprint density at radius 3 is 2.93 bits per heavy atom. The average molecular weight is 197 g/mol. The van der Waals surface area contributed by atoms with Crippen molar-refractivity contribution in [3.63, 3.8) is 0 Å². The van der Waals surface area contributed by atoms with Crippen molar-refractivity contribution in [1.82, 2.24) is 9.55 Å². The van der Waals surface area contributed by atoms with Crippen LogP contribution < -0.4 is 10.9 Å². The summed E-state index contributed by atoms with van der Waals surface area (Å²) in [5, 5.41) is 11.1. The molecule has 14 heavy (non-hydrogen) atoms. The van der Waals surface area contributed by atoms with E-state index in [1.165, 1.54) is 23.9 Å². The Kier molecular flexibility index (Phi) is 2.85. The lowest BCUT2D eigenvalue weighted by Crippen LogP contribution is -2.31. The first-order valence-electron chi connectivity index (χ1n) is 4.03. The number of hydrogen-bond acceptors (Lipinski definition) is 4. The Bertz CT molecular complexity index is 399. The minimum absolute atomic E-state index is 0.0462. The quantitative estimate of drug-likeness (QED) is 0.692. The van der Waals surface area contributed by atoms with E-state index in [-0.39, 0.29) is 11.4 Å². The molecule has 0 aliphatic heterocycles. The van der Waals surface area contributed by atoms with E-state index < -0.39 is 12.0 Å². The molecule has 1 unspecified atom stereocenters. The molecule has 0 amide bonds. The van der Waals surface area contributed by atoms with Crippen LogP contribution in [0.3, 0.4) is 0 Å². The van der Waals surface area contributed by atoms with Crippen molar-refractivity contribution in [1.29, 1.82) is 0 Å². The first-order chi connectivity index (χ1) is 6.52. The molecule has 1 aromatic heterocycles. The van der Waals surface area contributed by atoms with Gasteiger partial charge in [0.05, 0.1) is 0 Å². The van der Waals surface area contributed by atoms with Crippen LogP contribution in [0.2, 0.25) is 0 Å². The van der Waals surface area contributed by atoms with E-state index in [1.807, 2.05) is 0 Å². The number of aliphatic carboxylic acids is 1. The summed E-state index contributed by atoms with van der Waals surface area (Å²) in [7, 11) is 1.57. The zero-order valence-corrected chi connectivity index (χ0v) is 7.89. The number of aryl methyl sites for hydroxylation is 1. The molecule has 1 rings (SSSR count). The van der Waals surface area contributed by atoms with Gasteiger partial charge in [-0.1, -0.05) is 0 Å². The van der Waals surface area contributed by atoms with E-state index in [0.29, 0.717) is 0 Å². The highest BCUT2D eigenvalue weighted by Crippen LogP contribution is 1.95. The van der Waals surface area contributed by atoms with Crippen molar-refractivity contribution in [2.75, 3.05) is 5.32 Å². The van der Waals surface area contributed by atoms with Gasteiger partial charge in [0, 0.05) is 19.4 Å². The van der Waals surface area contributed by atoms with E-state index in [9.17, 15) is 9.59 Å². The van der Waals surface area contributed by atoms with Crippen LogP contribution in [0.1, 0.15) is 6.92 Å². The first kappa shape index (κ1) is 10.2. The number of carbonyl (C=O) groups is 1. The molecule has 0 aliphatic rings. The molecule has 76 valence electrons. The SMILES string of the molecule is CC(Nc1nccn(C)c1=O)C(=O)O. The standard InChI is InChI=1S/C8H11N3O3/c1-5(8(13)14)10-6-7(12)11(2)4-3-9-6/h3-5H,1-2H3,(H,9,10)(H,13,14). The van der Waals surface area contributed by atoms with Crippen LogP contribution in [0, 0.1) is 0 Å². The van der Waals surface area contributed by atoms with Crippen LogP contribution in [-0.2, 0) is 11.8 Å². The second-order valence-corrected chi connectivity index (χ2v) is 2.90. The molecule has 0 saturated heterocycles. The van der Waals surface area contributed by atoms with Crippen molar-refractivity contribution >= 4 is 11.8 Å². The second kappa shape index (κ2) is 3.91. The lowest BCUT2D eigenvalue weighted by atomic mass is 10.3. The summed E-state index contributed by atoms with van der Waals surface area (Å²) in [5.41, 5.74) is -0.347. The van der Waals surface area contributed by atoms with Crippen molar-refractivity contribution in [2.24, 2.45) is 7.05 Å². The van der Waals surface area contributed by atoms with Gasteiger partial charge in [0.25, 0.3) is 5.56 Å². The number of carboxylic acid groups (broad SMARTS) is 1. The number of nitrogens with one attached hydrogen (secondary N) is 1. The smallest absolute Gasteiger partial charge is 0.325 e. The Morgan fingerprint density at radius 2 is 2.36 bits per heavy atom. The van der Waals surface area contributed by atoms with Crippen molar-refractivity contribution in [3.05, 3.63) is 22.7 Å². The number of rotatable bonds is 3. The minimum atomic E-state index is -1.03. The summed E-state index contributed by atoms with van der Waals surface area (Å²) < 4.78 is 1.32. The first-order valence-corrected chi connectivity index (χ1v) is 4.03. The zero-order chi connectivity index (χ0) is 10.7. The second-order valence-electron chi connectivity index (χ2n) is 2.90. The van der Waals surface area contributed by atoms with Gasteiger partial charge < -0.3 is 15.0 Å². The number of aromatic nitrogens is 2. The average Bonchev–Trinajstić information content (AvgIpc) is 2.12. The molecule has 0 radical (unpaired) electrons. The third-order valence-electron chi connectivity index (χ3n) is 1.74. The third-order valence-corrected chi connectivity index (χ3v) is 1.74. The molecule has 0 aromatic carbocycles. The fourth-order valence-corrected chi connectivity index (χ4v) is 0.864. The van der Waals surface area contributed by atoms with Crippen LogP contribution >= 0.6 is 0 Å². The van der Waals surface area contributed by atoms with Gasteiger partial charge >= 0.3 is 5.97 Å². The Hall–Kier alpha value is -1.85. The third kappa shape index (κ3) is 2.09. The summed E-state index contributed by atoms with van der Waals surface area (Å²) >= 11 is 0. The van der Waals surface area contributed by atoms with Crippen LogP contribution in [0.15, 0.2) is 17.2 Å². The van der Waals surface area contributed by atoms with Crippen molar-refractivity contribution in [2.45, 2.75) is 13.0 Å². The highest BCUT2D eigenvalue weighted by molar-refractivity contribution is 5.76. The Balaban J connectivity index is 2.93. The van der Waals surface area contributed by atoms with Crippen molar-refractivity contribution < 1.29 is 9.90 Å². The molecule has 0 fully saturated rings. The van der Waals surface area contributed by atoms with Gasteiger partial charge in [0.1, 0.15) is 6.04 Å². The number of carboxylic acids is 1. The highest BCUT2D eigenvalue weighted by Gasteiger charge is 2.12. The fraction of sp³-hybridized carbons (Fsp3) is 0.375. The van der Waals surface area contributed by atoms with Crippen LogP contribution in [-0.4, -0.2) is 26.7 Å². The van der Waals surface area contributed by atoms with Gasteiger partial charge in [0.15, 0.2) is 5.82 Å². The molecule has 2 N–H and O–H groups in total. The number of hydrogen-bond donors (Lipinski definition) is 2. The normalized spacial score (nSPS) is 12.1. The Morgan fingerprint density at radius 1 is 1.71 bits per heavy atom. The van der Waals surface area contributed by atoms with Crippen LogP contribution in [0.4, 0.5) is 5.82 Å². The van der Waals surface area contributed by atoms with E-state index in [1.54, 1.807) is 7.05 Å². The van der Waals surface area contributed by atoms with E-state index >= 15 is 0 Å². The molecule has 0 aliphatic carbocycles. The molecule has 1 aromatic rings. The van der Waals surface area contributed by atoms with Gasteiger partial charge in [-0.25, -0.2) is 4.98 Å². The van der Waals surface area contributed by atoms with Gasteiger partial charge in [-0.3, -0.25) is 9.59 Å². The van der Waals surface area contributed by atoms with Crippen LogP contribution in [0.25, 0.3) is 0 Å². The highest BCUT2D eigenvalue weighted by atomic mass is 16.4. The largest absolute Gasteiger partial charge is 0.480 e. The van der Waals surface area contributed by atoms with Crippen molar-refractivity contribution in [3.8, 4) is 0 Å². The Labute approximate surface area is 80.2 Å². The molecule has 0 spiro atoms. The maximum absolute atomic E-state index is 11.4. The molecule has 6 nitrogen and oxygen atoms in total. The maximum Gasteiger partial charge on any atom is 0.325 e. The summed E-state index contributed by atoms with van der Waals surface area (Å²) in [6, 6.07) is -0.836. The summed E-state index contributed by atoms with van der Waals surface area (Å²) in [6.07, 6.45) is 2.93. The van der Waals surface area contributed by atoms with Gasteiger partial charge in [0.2, 0.25) is 0 Å². The summed E-state index contributed by atoms with van der Waals surface area (Å²) in [4.78, 5) is 25.6. The topological polar surface area (TPSA) is 84.2 Å². The monoisotopic (exact) mass is 197 g/mol. The maximum atomic E-state index is 11.4. The molecule has 0 saturated carbocycles. The van der Waals surface area contributed by atoms with E-state index in [4.69, 9.17) is 5.11 Å². The number of anilines is 1. The summed E-state index contributed by atoms with van der Waals surface area (Å²) in [5.74, 6) is -0.984. The fourth-order valence-electron chi connectivity index (χ4n) is 0.864. The molecule has 1 atom stereocenters. The number of nitrogens with zero attached hydrogens (tertiary/aromatic N) is 2. The summed E-state index contributed by atoms with van der Waals surface area (Å²) in [6.45, 7) is 1.44. The predicted molar refractivity (Wildman–Crippen MR) is 50.2 cm³/mol. The lowest BCUT2D eigenvalue weighted by molar-refractivity contribution is -0.137. The van der Waals surface area contributed by atoms with Gasteiger partial charge in [-0.15, -0.1) is 0 Å². The van der Waals surface area contributed by atoms with E-state index in [2.05, 4.69) is 10.3 Å². The molecular weight excluding hydrogens is 186 g/mol. The lowest BCUT2D eigenvalue weighted by Gasteiger charge is -2.09. The van der Waals surface area contributed by atoms with E-state index in [0.717, 1.165) is 0 Å². The zero-order valence-electron chi connectivity index (χ0n) is 7.89. The molecule has 1 heterocycles.